The van der Waals surface area contributed by atoms with Crippen molar-refractivity contribution < 1.29 is 0 Å². The average molecular weight is 200 g/mol. The highest BCUT2D eigenvalue weighted by molar-refractivity contribution is 5.88. The zero-order valence-corrected chi connectivity index (χ0v) is 8.51. The van der Waals surface area contributed by atoms with Crippen LogP contribution in [0.25, 0.3) is 10.8 Å². The van der Waals surface area contributed by atoms with Crippen LogP contribution in [-0.2, 0) is 12.8 Å². The maximum absolute atomic E-state index is 11.3. The molecular weight excluding hydrogens is 188 g/mol. The molecule has 0 atom stereocenters. The Kier molecular flexibility index (Phi) is 1.78. The molecule has 0 spiro atoms. The lowest BCUT2D eigenvalue weighted by molar-refractivity contribution is 0.712. The molecule has 0 amide bonds. The molecule has 0 aromatic heterocycles. The Hall–Kier alpha value is -1.44. The molecule has 1 aliphatic carbocycles. The summed E-state index contributed by atoms with van der Waals surface area (Å²) in [7, 11) is 0. The average Bonchev–Trinajstić information content (AvgIpc) is 2.50. The Morgan fingerprint density at radius 2 is 1.20 bits per heavy atom. The lowest BCUT2D eigenvalue weighted by Gasteiger charge is -2.08. The Balaban J connectivity index is 2.26. The van der Waals surface area contributed by atoms with Crippen LogP contribution in [0.5, 0.6) is 0 Å². The minimum Gasteiger partial charge on any atom is -0.285 e. The maximum atomic E-state index is 11.3. The first-order valence-corrected chi connectivity index (χ1v) is 5.52. The third-order valence-electron chi connectivity index (χ3n) is 3.43. The van der Waals surface area contributed by atoms with Gasteiger partial charge in [0.15, 0.2) is 0 Å². The van der Waals surface area contributed by atoms with Crippen molar-refractivity contribution in [3.05, 3.63) is 43.7 Å². The van der Waals surface area contributed by atoms with Crippen LogP contribution in [0.4, 0.5) is 0 Å². The summed E-state index contributed by atoms with van der Waals surface area (Å²) in [6.07, 6.45) is 5.78. The van der Waals surface area contributed by atoms with E-state index in [9.17, 15) is 9.59 Å². The zero-order valence-electron chi connectivity index (χ0n) is 8.51. The predicted octanol–water partition coefficient (Wildman–Crippen LogP) is 1.70. The molecule has 0 N–H and O–H groups in total. The quantitative estimate of drug-likeness (QED) is 0.479. The fourth-order valence-electron chi connectivity index (χ4n) is 2.52. The first-order valence-electron chi connectivity index (χ1n) is 5.52. The van der Waals surface area contributed by atoms with Gasteiger partial charge in [0.25, 0.3) is 0 Å². The maximum Gasteiger partial charge on any atom is 0.234 e. The number of fused-ring (bicyclic) bond motifs is 2. The van der Waals surface area contributed by atoms with Gasteiger partial charge in [0.1, 0.15) is 0 Å². The van der Waals surface area contributed by atoms with Gasteiger partial charge in [0.05, 0.1) is 0 Å². The molecule has 0 fully saturated rings. The Morgan fingerprint density at radius 1 is 0.733 bits per heavy atom. The van der Waals surface area contributed by atoms with Gasteiger partial charge < -0.3 is 0 Å². The number of hydrogen-bond donors (Lipinski definition) is 0. The molecule has 0 saturated carbocycles. The molecule has 15 heavy (non-hydrogen) atoms. The number of hydrogen-bond acceptors (Lipinski definition) is 2. The molecule has 76 valence electrons. The number of rotatable bonds is 0. The summed E-state index contributed by atoms with van der Waals surface area (Å²) in [6.45, 7) is 0. The third kappa shape index (κ3) is 1.17. The third-order valence-corrected chi connectivity index (χ3v) is 3.43. The lowest BCUT2D eigenvalue weighted by atomic mass is 9.95. The lowest BCUT2D eigenvalue weighted by Crippen LogP contribution is -2.30. The summed E-state index contributed by atoms with van der Waals surface area (Å²) < 4.78 is 0. The minimum atomic E-state index is -0.294. The van der Waals surface area contributed by atoms with Crippen LogP contribution in [0.1, 0.15) is 30.4 Å². The molecule has 3 rings (SSSR count). The van der Waals surface area contributed by atoms with Crippen LogP contribution in [0, 0.1) is 0 Å². The second-order valence-corrected chi connectivity index (χ2v) is 4.39. The fraction of sp³-hybridized carbons (Fsp3) is 0.385. The Morgan fingerprint density at radius 3 is 1.67 bits per heavy atom. The summed E-state index contributed by atoms with van der Waals surface area (Å²) in [6, 6.07) is 3.89. The molecule has 0 aliphatic heterocycles. The first-order chi connectivity index (χ1) is 7.27. The van der Waals surface area contributed by atoms with Crippen molar-refractivity contribution in [2.24, 2.45) is 0 Å². The van der Waals surface area contributed by atoms with Crippen LogP contribution >= 0.6 is 0 Å². The van der Waals surface area contributed by atoms with Gasteiger partial charge in [-0.25, -0.2) is 0 Å². The van der Waals surface area contributed by atoms with Crippen LogP contribution in [0.2, 0.25) is 0 Å². The van der Waals surface area contributed by atoms with E-state index in [2.05, 4.69) is 0 Å². The minimum absolute atomic E-state index is 0.294. The zero-order chi connectivity index (χ0) is 10.4. The molecule has 1 aliphatic rings. The largest absolute Gasteiger partial charge is 0.285 e. The van der Waals surface area contributed by atoms with Gasteiger partial charge in [-0.15, -0.1) is 0 Å². The molecule has 2 nitrogen and oxygen atoms in total. The molecular formula is C13H12O2. The molecule has 2 heteroatoms. The SMILES string of the molecule is O=c1c(=O)c2cc3c(cc12)CCCCC3. The standard InChI is InChI=1S/C13H12O2/c14-12-10-6-8-4-2-1-3-5-9(8)7-11(10)13(12)15/h6-7H,1-5H2. The molecule has 0 bridgehead atoms. The van der Waals surface area contributed by atoms with Crippen LogP contribution in [0.15, 0.2) is 21.7 Å². The van der Waals surface area contributed by atoms with Gasteiger partial charge in [-0.2, -0.15) is 0 Å². The summed E-state index contributed by atoms with van der Waals surface area (Å²) >= 11 is 0. The second kappa shape index (κ2) is 3.02. The van der Waals surface area contributed by atoms with Crippen molar-refractivity contribution in [3.63, 3.8) is 0 Å². The van der Waals surface area contributed by atoms with E-state index in [1.54, 1.807) is 0 Å². The van der Waals surface area contributed by atoms with Crippen molar-refractivity contribution >= 4 is 10.8 Å². The molecule has 0 saturated heterocycles. The smallest absolute Gasteiger partial charge is 0.234 e. The van der Waals surface area contributed by atoms with Gasteiger partial charge in [0.2, 0.25) is 10.9 Å². The van der Waals surface area contributed by atoms with E-state index in [1.165, 1.54) is 30.4 Å². The number of benzene rings is 1. The fourth-order valence-corrected chi connectivity index (χ4v) is 2.52. The topological polar surface area (TPSA) is 34.1 Å². The second-order valence-electron chi connectivity index (χ2n) is 4.39. The molecule has 2 aromatic carbocycles. The van der Waals surface area contributed by atoms with Crippen LogP contribution in [0.3, 0.4) is 0 Å². The van der Waals surface area contributed by atoms with Gasteiger partial charge in [-0.1, -0.05) is 6.42 Å². The highest BCUT2D eigenvalue weighted by Crippen LogP contribution is 2.23. The summed E-state index contributed by atoms with van der Waals surface area (Å²) in [5.74, 6) is 0. The van der Waals surface area contributed by atoms with Crippen LogP contribution in [-0.4, -0.2) is 0 Å². The van der Waals surface area contributed by atoms with E-state index in [-0.39, 0.29) is 10.9 Å². The van der Waals surface area contributed by atoms with Crippen molar-refractivity contribution in [3.8, 4) is 0 Å². The Labute approximate surface area is 87.2 Å². The van der Waals surface area contributed by atoms with Gasteiger partial charge in [-0.3, -0.25) is 9.59 Å². The van der Waals surface area contributed by atoms with E-state index in [1.807, 2.05) is 12.1 Å². The van der Waals surface area contributed by atoms with E-state index >= 15 is 0 Å². The number of aryl methyl sites for hydroxylation is 2. The van der Waals surface area contributed by atoms with Crippen molar-refractivity contribution in [2.45, 2.75) is 32.1 Å². The van der Waals surface area contributed by atoms with Gasteiger partial charge in [-0.05, 0) is 48.9 Å². The van der Waals surface area contributed by atoms with Crippen molar-refractivity contribution in [1.29, 1.82) is 0 Å². The summed E-state index contributed by atoms with van der Waals surface area (Å²) in [4.78, 5) is 22.5. The van der Waals surface area contributed by atoms with E-state index in [4.69, 9.17) is 0 Å². The predicted molar refractivity (Wildman–Crippen MR) is 60.1 cm³/mol. The highest BCUT2D eigenvalue weighted by atomic mass is 16.2. The molecule has 2 aromatic rings. The van der Waals surface area contributed by atoms with Crippen molar-refractivity contribution in [2.75, 3.05) is 0 Å². The first kappa shape index (κ1) is 8.84. The van der Waals surface area contributed by atoms with E-state index in [0.717, 1.165) is 12.8 Å². The molecule has 0 unspecified atom stereocenters. The monoisotopic (exact) mass is 200 g/mol. The molecule has 0 radical (unpaired) electrons. The van der Waals surface area contributed by atoms with Crippen molar-refractivity contribution in [1.82, 2.24) is 0 Å². The normalized spacial score (nSPS) is 16.5. The summed E-state index contributed by atoms with van der Waals surface area (Å²) in [5, 5.41) is 1.31. The van der Waals surface area contributed by atoms with Crippen LogP contribution < -0.4 is 10.9 Å². The Bertz CT molecular complexity index is 547. The van der Waals surface area contributed by atoms with E-state index in [0.29, 0.717) is 10.8 Å². The van der Waals surface area contributed by atoms with Gasteiger partial charge in [0, 0.05) is 10.8 Å². The molecule has 0 heterocycles. The van der Waals surface area contributed by atoms with Gasteiger partial charge >= 0.3 is 0 Å². The van der Waals surface area contributed by atoms with E-state index < -0.39 is 0 Å². The highest BCUT2D eigenvalue weighted by Gasteiger charge is 2.16. The summed E-state index contributed by atoms with van der Waals surface area (Å²) in [5.41, 5.74) is 1.98.